The lowest BCUT2D eigenvalue weighted by Gasteiger charge is -2.32. The number of para-hydroxylation sites is 1. The molecule has 25 heavy (non-hydrogen) atoms. The molecule has 1 saturated heterocycles. The van der Waals surface area contributed by atoms with Crippen molar-refractivity contribution in [1.29, 1.82) is 0 Å². The fourth-order valence-corrected chi connectivity index (χ4v) is 3.89. The van der Waals surface area contributed by atoms with Crippen molar-refractivity contribution >= 4 is 34.9 Å². The molecular weight excluding hydrogens is 359 g/mol. The Morgan fingerprint density at radius 3 is 2.92 bits per heavy atom. The van der Waals surface area contributed by atoms with Gasteiger partial charge in [0.1, 0.15) is 11.7 Å². The minimum absolute atomic E-state index is 0. The van der Waals surface area contributed by atoms with E-state index in [4.69, 9.17) is 22.1 Å². The molecule has 5 nitrogen and oxygen atoms in total. The highest BCUT2D eigenvalue weighted by Gasteiger charge is 2.31. The number of aromatic amines is 1. The van der Waals surface area contributed by atoms with E-state index < -0.39 is 0 Å². The van der Waals surface area contributed by atoms with E-state index >= 15 is 0 Å². The molecule has 1 fully saturated rings. The number of nitrogens with two attached hydrogens (primary N) is 1. The number of rotatable bonds is 4. The first-order chi connectivity index (χ1) is 11.7. The average molecular weight is 381 g/mol. The van der Waals surface area contributed by atoms with Gasteiger partial charge in [0.2, 0.25) is 0 Å². The molecule has 1 aliphatic heterocycles. The van der Waals surface area contributed by atoms with Gasteiger partial charge in [-0.15, -0.1) is 12.4 Å². The fourth-order valence-electron chi connectivity index (χ4n) is 3.52. The Bertz CT molecular complexity index is 831. The van der Waals surface area contributed by atoms with Crippen LogP contribution in [0.25, 0.3) is 10.9 Å². The minimum atomic E-state index is -0.284. The van der Waals surface area contributed by atoms with Crippen LogP contribution in [0.15, 0.2) is 42.6 Å². The molecule has 3 aromatic rings. The van der Waals surface area contributed by atoms with E-state index in [1.807, 2.05) is 6.07 Å². The topological polar surface area (TPSA) is 68.9 Å². The standard InChI is InChI=1S/C18H21ClN4O.ClH/c19-18-8-12(7-17(24-18)15-9-14(10-20)21-22-15)11-23-6-5-13-3-1-2-4-16(13)23;/h1-6,9,12,17-18H,7-8,10-11,20H2,(H,21,22);1H. The van der Waals surface area contributed by atoms with Gasteiger partial charge in [-0.2, -0.15) is 5.10 Å². The largest absolute Gasteiger partial charge is 0.353 e. The first-order valence-electron chi connectivity index (χ1n) is 8.30. The van der Waals surface area contributed by atoms with Crippen molar-refractivity contribution in [2.45, 2.75) is 37.6 Å². The lowest BCUT2D eigenvalue weighted by atomic mass is 9.93. The number of ether oxygens (including phenoxy) is 1. The summed E-state index contributed by atoms with van der Waals surface area (Å²) in [6, 6.07) is 12.6. The number of hydrogen-bond donors (Lipinski definition) is 2. The van der Waals surface area contributed by atoms with Crippen molar-refractivity contribution in [1.82, 2.24) is 14.8 Å². The van der Waals surface area contributed by atoms with Crippen LogP contribution in [-0.4, -0.2) is 20.3 Å². The molecule has 1 aromatic carbocycles. The molecule has 0 spiro atoms. The van der Waals surface area contributed by atoms with Gasteiger partial charge in [0.15, 0.2) is 0 Å². The van der Waals surface area contributed by atoms with Crippen LogP contribution in [-0.2, 0) is 17.8 Å². The molecule has 3 heterocycles. The van der Waals surface area contributed by atoms with Crippen molar-refractivity contribution in [3.05, 3.63) is 54.0 Å². The highest BCUT2D eigenvalue weighted by atomic mass is 35.5. The number of nitrogens with one attached hydrogen (secondary N) is 1. The first-order valence-corrected chi connectivity index (χ1v) is 8.74. The van der Waals surface area contributed by atoms with Gasteiger partial charge in [0, 0.05) is 30.5 Å². The molecule has 0 radical (unpaired) electrons. The molecule has 4 rings (SSSR count). The third-order valence-corrected chi connectivity index (χ3v) is 4.99. The summed E-state index contributed by atoms with van der Waals surface area (Å²) in [6.07, 6.45) is 3.83. The molecule has 3 N–H and O–H groups in total. The van der Waals surface area contributed by atoms with Crippen LogP contribution in [0.5, 0.6) is 0 Å². The molecule has 0 saturated carbocycles. The molecule has 3 unspecified atom stereocenters. The number of benzene rings is 1. The van der Waals surface area contributed by atoms with Crippen molar-refractivity contribution < 1.29 is 4.74 Å². The predicted molar refractivity (Wildman–Crippen MR) is 102 cm³/mol. The van der Waals surface area contributed by atoms with Crippen LogP contribution in [0.1, 0.15) is 30.3 Å². The van der Waals surface area contributed by atoms with Crippen LogP contribution in [0.4, 0.5) is 0 Å². The Morgan fingerprint density at radius 1 is 1.28 bits per heavy atom. The van der Waals surface area contributed by atoms with Gasteiger partial charge in [0.25, 0.3) is 0 Å². The van der Waals surface area contributed by atoms with Gasteiger partial charge >= 0.3 is 0 Å². The number of halogens is 2. The molecule has 134 valence electrons. The summed E-state index contributed by atoms with van der Waals surface area (Å²) in [5.41, 5.74) is 8.43. The van der Waals surface area contributed by atoms with Crippen LogP contribution in [0, 0.1) is 5.92 Å². The zero-order chi connectivity index (χ0) is 16.5. The third kappa shape index (κ3) is 3.85. The SMILES string of the molecule is Cl.NCc1cc(C2CC(Cn3ccc4ccccc43)CC(Cl)O2)n[nH]1. The third-order valence-electron chi connectivity index (χ3n) is 4.71. The van der Waals surface area contributed by atoms with Crippen LogP contribution >= 0.6 is 24.0 Å². The van der Waals surface area contributed by atoms with E-state index in [0.717, 1.165) is 30.8 Å². The maximum atomic E-state index is 6.36. The van der Waals surface area contributed by atoms with Crippen molar-refractivity contribution in [2.24, 2.45) is 11.7 Å². The zero-order valence-electron chi connectivity index (χ0n) is 13.8. The lowest BCUT2D eigenvalue weighted by Crippen LogP contribution is -2.27. The van der Waals surface area contributed by atoms with Gasteiger partial charge in [-0.3, -0.25) is 5.10 Å². The van der Waals surface area contributed by atoms with Gasteiger partial charge in [-0.05, 0) is 42.3 Å². The lowest BCUT2D eigenvalue weighted by molar-refractivity contribution is -0.0385. The van der Waals surface area contributed by atoms with E-state index in [0.29, 0.717) is 12.5 Å². The molecule has 1 aliphatic rings. The second kappa shape index (κ2) is 7.79. The summed E-state index contributed by atoms with van der Waals surface area (Å²) in [7, 11) is 0. The van der Waals surface area contributed by atoms with Crippen LogP contribution in [0.3, 0.4) is 0 Å². The smallest absolute Gasteiger partial charge is 0.132 e. The second-order valence-corrected chi connectivity index (χ2v) is 6.91. The Balaban J connectivity index is 0.00000182. The number of alkyl halides is 1. The summed E-state index contributed by atoms with van der Waals surface area (Å²) in [5.74, 6) is 0.445. The van der Waals surface area contributed by atoms with E-state index in [1.54, 1.807) is 0 Å². The Morgan fingerprint density at radius 2 is 2.12 bits per heavy atom. The highest BCUT2D eigenvalue weighted by molar-refractivity contribution is 6.19. The minimum Gasteiger partial charge on any atom is -0.353 e. The Labute approximate surface area is 157 Å². The molecule has 3 atom stereocenters. The molecule has 2 aromatic heterocycles. The van der Waals surface area contributed by atoms with Crippen LogP contribution < -0.4 is 5.73 Å². The maximum absolute atomic E-state index is 6.36. The number of hydrogen-bond acceptors (Lipinski definition) is 3. The van der Waals surface area contributed by atoms with E-state index in [2.05, 4.69) is 51.3 Å². The highest BCUT2D eigenvalue weighted by Crippen LogP contribution is 2.37. The van der Waals surface area contributed by atoms with Gasteiger partial charge in [-0.1, -0.05) is 29.8 Å². The maximum Gasteiger partial charge on any atom is 0.132 e. The number of nitrogens with zero attached hydrogens (tertiary/aromatic N) is 2. The summed E-state index contributed by atoms with van der Waals surface area (Å²) in [4.78, 5) is 0. The van der Waals surface area contributed by atoms with Gasteiger partial charge in [-0.25, -0.2) is 0 Å². The molecule has 7 heteroatoms. The number of aromatic nitrogens is 3. The Kier molecular flexibility index (Phi) is 5.69. The zero-order valence-corrected chi connectivity index (χ0v) is 15.3. The normalized spacial score (nSPS) is 23.5. The predicted octanol–water partition coefficient (Wildman–Crippen LogP) is 3.98. The molecule has 0 amide bonds. The van der Waals surface area contributed by atoms with E-state index in [-0.39, 0.29) is 24.1 Å². The molecule has 0 aliphatic carbocycles. The summed E-state index contributed by atoms with van der Waals surface area (Å²) in [6.45, 7) is 1.38. The first kappa shape index (κ1) is 18.3. The van der Waals surface area contributed by atoms with Crippen LogP contribution in [0.2, 0.25) is 0 Å². The second-order valence-electron chi connectivity index (χ2n) is 6.42. The quantitative estimate of drug-likeness (QED) is 0.672. The Hall–Kier alpha value is -1.53. The van der Waals surface area contributed by atoms with E-state index in [9.17, 15) is 0 Å². The van der Waals surface area contributed by atoms with E-state index in [1.165, 1.54) is 10.9 Å². The number of H-pyrrole nitrogens is 1. The summed E-state index contributed by atoms with van der Waals surface area (Å²) >= 11 is 6.36. The molecular formula is C18H22Cl2N4O. The summed E-state index contributed by atoms with van der Waals surface area (Å²) < 4.78 is 8.21. The monoisotopic (exact) mass is 380 g/mol. The summed E-state index contributed by atoms with van der Waals surface area (Å²) in [5, 5.41) is 8.55. The molecule has 0 bridgehead atoms. The fraction of sp³-hybridized carbons (Fsp3) is 0.389. The number of fused-ring (bicyclic) bond motifs is 1. The van der Waals surface area contributed by atoms with Gasteiger partial charge in [0.05, 0.1) is 5.69 Å². The van der Waals surface area contributed by atoms with Crippen molar-refractivity contribution in [3.8, 4) is 0 Å². The van der Waals surface area contributed by atoms with Crippen molar-refractivity contribution in [2.75, 3.05) is 0 Å². The van der Waals surface area contributed by atoms with Gasteiger partial charge < -0.3 is 15.0 Å². The van der Waals surface area contributed by atoms with Crippen molar-refractivity contribution in [3.63, 3.8) is 0 Å². The average Bonchev–Trinajstić information content (AvgIpc) is 3.22.